The quantitative estimate of drug-likeness (QED) is 0.0555. The molecule has 6 aliphatic rings. The number of nitrogens with zero attached hydrogens (tertiary/aromatic N) is 4. The van der Waals surface area contributed by atoms with Gasteiger partial charge in [0.05, 0.1) is 11.4 Å². The lowest BCUT2D eigenvalue weighted by Gasteiger charge is -2.29. The van der Waals surface area contributed by atoms with Crippen molar-refractivity contribution in [3.63, 3.8) is 0 Å². The van der Waals surface area contributed by atoms with E-state index in [1.165, 1.54) is 45.0 Å². The molecule has 7 heterocycles. The van der Waals surface area contributed by atoms with E-state index in [2.05, 4.69) is 31.9 Å². The molecule has 3 atom stereocenters. The van der Waals surface area contributed by atoms with Gasteiger partial charge in [-0.1, -0.05) is 54.1 Å². The van der Waals surface area contributed by atoms with Crippen LogP contribution in [0.5, 0.6) is 0 Å². The molecule has 3 fully saturated rings. The van der Waals surface area contributed by atoms with Gasteiger partial charge in [-0.15, -0.1) is 11.3 Å². The maximum absolute atomic E-state index is 13.3. The van der Waals surface area contributed by atoms with Crippen molar-refractivity contribution in [1.29, 1.82) is 0 Å². The van der Waals surface area contributed by atoms with Gasteiger partial charge >= 0.3 is 11.8 Å². The van der Waals surface area contributed by atoms with Crippen molar-refractivity contribution in [2.45, 2.75) is 103 Å². The van der Waals surface area contributed by atoms with Gasteiger partial charge in [0, 0.05) is 93.2 Å². The van der Waals surface area contributed by atoms with Gasteiger partial charge in [-0.25, -0.2) is 8.78 Å². The smallest absolute Gasteiger partial charge is 0.311 e. The van der Waals surface area contributed by atoms with Crippen LogP contribution in [0.1, 0.15) is 128 Å². The first-order valence-corrected chi connectivity index (χ1v) is 28.6. The molecular weight excluding hydrogens is 1180 g/mol. The second-order valence-corrected chi connectivity index (χ2v) is 22.7. The zero-order valence-corrected chi connectivity index (χ0v) is 48.7. The van der Waals surface area contributed by atoms with Crippen molar-refractivity contribution < 1.29 is 80.7 Å². The van der Waals surface area contributed by atoms with Crippen molar-refractivity contribution in [3.8, 4) is 0 Å². The molecule has 6 N–H and O–H groups in total. The number of halogens is 2. The molecular formula is C61H56F2N10O15S. The molecule has 5 aromatic rings. The zero-order chi connectivity index (χ0) is 64.1. The van der Waals surface area contributed by atoms with E-state index in [0.717, 1.165) is 28.1 Å². The van der Waals surface area contributed by atoms with Crippen molar-refractivity contribution in [3.05, 3.63) is 162 Å². The van der Waals surface area contributed by atoms with E-state index in [1.54, 1.807) is 66.7 Å². The van der Waals surface area contributed by atoms with Crippen LogP contribution >= 0.6 is 11.3 Å². The van der Waals surface area contributed by atoms with Crippen molar-refractivity contribution in [1.82, 2.24) is 51.5 Å². The van der Waals surface area contributed by atoms with Crippen LogP contribution < -0.4 is 31.9 Å². The highest BCUT2D eigenvalue weighted by molar-refractivity contribution is 7.14. The van der Waals surface area contributed by atoms with Gasteiger partial charge in [-0.2, -0.15) is 0 Å². The number of piperidine rings is 3. The van der Waals surface area contributed by atoms with Crippen LogP contribution in [0.15, 0.2) is 84.9 Å². The number of hydrogen-bond acceptors (Lipinski definition) is 16. The largest absolute Gasteiger partial charge is 0.345 e. The first-order chi connectivity index (χ1) is 42.4. The van der Waals surface area contributed by atoms with Crippen molar-refractivity contribution >= 4 is 99.7 Å². The highest BCUT2D eigenvalue weighted by Crippen LogP contribution is 2.35. The Morgan fingerprint density at radius 3 is 1.40 bits per heavy atom. The summed E-state index contributed by atoms with van der Waals surface area (Å²) in [5.74, 6) is -10.5. The number of likely N-dealkylation sites (N-methyl/N-ethyl adjacent to an activating group) is 1. The molecule has 6 aliphatic heterocycles. The molecule has 25 nitrogen and oxygen atoms in total. The predicted octanol–water partition coefficient (Wildman–Crippen LogP) is 1.69. The maximum atomic E-state index is 13.3. The summed E-state index contributed by atoms with van der Waals surface area (Å²) < 4.78 is 26.4. The SMILES string of the molecule is CN(C)C(=O)C(=O)NCc1cc2c(s1)C(=O)N(C1CCC(=O)NC1=O)C2.Cc1ccc(C(=O)C(=O)NCc2cccc3c2CN(C2CCC(=O)NC2=O)C3=O)cc1.O=C1CCC(N2Cc3c(CNC(=O)C(=O)c4ccc(F)c(F)c4)cccc3C2=O)C(=O)N1. The number of rotatable bonds is 13. The van der Waals surface area contributed by atoms with Gasteiger partial charge in [0.25, 0.3) is 29.5 Å². The minimum Gasteiger partial charge on any atom is -0.345 e. The highest BCUT2D eigenvalue weighted by atomic mass is 32.1. The number of benzene rings is 4. The average Bonchev–Trinajstić information content (AvgIpc) is 1.82. The van der Waals surface area contributed by atoms with Gasteiger partial charge in [-0.05, 0) is 90.4 Å². The summed E-state index contributed by atoms with van der Waals surface area (Å²) in [5.41, 5.74) is 5.19. The molecule has 0 spiro atoms. The number of amides is 13. The number of hydrogen-bond donors (Lipinski definition) is 6. The Kier molecular flexibility index (Phi) is 18.8. The topological polar surface area (TPSA) is 341 Å². The third kappa shape index (κ3) is 13.9. The van der Waals surface area contributed by atoms with E-state index < -0.39 is 82.7 Å². The van der Waals surface area contributed by atoms with Crippen LogP contribution in [0.2, 0.25) is 0 Å². The Hall–Kier alpha value is -10.5. The summed E-state index contributed by atoms with van der Waals surface area (Å²) in [7, 11) is 2.98. The molecule has 11 rings (SSSR count). The minimum absolute atomic E-state index is 0.0794. The number of fused-ring (bicyclic) bond motifs is 3. The Balaban J connectivity index is 0.000000160. The lowest BCUT2D eigenvalue weighted by Crippen LogP contribution is -2.52. The second kappa shape index (κ2) is 26.6. The van der Waals surface area contributed by atoms with Crippen LogP contribution in [0.25, 0.3) is 0 Å². The first-order valence-electron chi connectivity index (χ1n) is 27.8. The molecule has 460 valence electrons. The van der Waals surface area contributed by atoms with E-state index in [4.69, 9.17) is 0 Å². The standard InChI is InChI=1S/C23H21N3O5.C22H17F2N3O5.C16H18N4O5S/c1-13-5-7-14(8-6-13)20(28)22(30)24-11-15-3-2-4-16-17(15)12-26(23(16)31)18-9-10-19(27)25-21(18)29;23-15-5-4-11(8-16(15)24)19(29)21(31)25-9-12-2-1-3-13-14(12)10-27(22(13)32)17-6-7-18(28)26-20(17)30;1-19(2)16(25)14(23)17-6-9-5-8-7-20(15(24)12(8)26-9)10-3-4-11(21)18-13(10)22/h2-8,18H,9-12H2,1H3,(H,24,30)(H,25,27,29);1-5,8,17H,6-7,9-10H2,(H,25,31)(H,26,28,30);5,10H,3-4,6-7H2,1-2H3,(H,17,23)(H,18,21,22). The van der Waals surface area contributed by atoms with Crippen LogP contribution in [0.3, 0.4) is 0 Å². The zero-order valence-electron chi connectivity index (χ0n) is 47.9. The molecule has 13 amide bonds. The fraction of sp³-hybridized carbons (Fsp3) is 0.295. The van der Waals surface area contributed by atoms with E-state index in [9.17, 15) is 80.7 Å². The van der Waals surface area contributed by atoms with Crippen LogP contribution in [-0.4, -0.2) is 140 Å². The number of ketones is 2. The van der Waals surface area contributed by atoms with Crippen LogP contribution in [0.4, 0.5) is 8.78 Å². The molecule has 0 aliphatic carbocycles. The Labute approximate surface area is 508 Å². The molecule has 3 unspecified atom stereocenters. The maximum Gasteiger partial charge on any atom is 0.311 e. The Bertz CT molecular complexity index is 3880. The summed E-state index contributed by atoms with van der Waals surface area (Å²) in [6.45, 7) is 2.65. The van der Waals surface area contributed by atoms with Gasteiger partial charge < -0.3 is 35.6 Å². The first kappa shape index (κ1) is 63.0. The van der Waals surface area contributed by atoms with Gasteiger partial charge in [0.2, 0.25) is 47.0 Å². The molecule has 0 bridgehead atoms. The van der Waals surface area contributed by atoms with Gasteiger partial charge in [-0.3, -0.25) is 87.9 Å². The summed E-state index contributed by atoms with van der Waals surface area (Å²) >= 11 is 1.23. The summed E-state index contributed by atoms with van der Waals surface area (Å²) in [5, 5.41) is 14.3. The molecule has 4 aromatic carbocycles. The van der Waals surface area contributed by atoms with Crippen LogP contribution in [-0.2, 0) is 87.2 Å². The predicted molar refractivity (Wildman–Crippen MR) is 306 cm³/mol. The molecule has 3 saturated heterocycles. The lowest BCUT2D eigenvalue weighted by molar-refractivity contribution is -0.144. The monoisotopic (exact) mass is 1240 g/mol. The van der Waals surface area contributed by atoms with Crippen LogP contribution in [0, 0.1) is 18.6 Å². The average molecular weight is 1240 g/mol. The summed E-state index contributed by atoms with van der Waals surface area (Å²) in [6, 6.07) is 18.9. The third-order valence-electron chi connectivity index (χ3n) is 15.4. The number of nitrogens with one attached hydrogen (secondary N) is 6. The number of aryl methyl sites for hydroxylation is 1. The number of imide groups is 3. The molecule has 28 heteroatoms. The Morgan fingerprint density at radius 1 is 0.528 bits per heavy atom. The van der Waals surface area contributed by atoms with E-state index >= 15 is 0 Å². The summed E-state index contributed by atoms with van der Waals surface area (Å²) in [4.78, 5) is 188. The molecule has 89 heavy (non-hydrogen) atoms. The summed E-state index contributed by atoms with van der Waals surface area (Å²) in [6.07, 6.45) is 1.35. The third-order valence-corrected chi connectivity index (χ3v) is 16.6. The van der Waals surface area contributed by atoms with Gasteiger partial charge in [0.1, 0.15) is 18.1 Å². The van der Waals surface area contributed by atoms with Gasteiger partial charge in [0.15, 0.2) is 11.6 Å². The second-order valence-electron chi connectivity index (χ2n) is 21.6. The molecule has 0 saturated carbocycles. The van der Waals surface area contributed by atoms with E-state index in [0.29, 0.717) is 62.9 Å². The lowest BCUT2D eigenvalue weighted by atomic mass is 10.0. The fourth-order valence-corrected chi connectivity index (χ4v) is 11.7. The minimum atomic E-state index is -1.24. The molecule has 0 radical (unpaired) electrons. The number of carbonyl (C=O) groups is 15. The number of thiophene rings is 1. The van der Waals surface area contributed by atoms with Crippen molar-refractivity contribution in [2.75, 3.05) is 14.1 Å². The normalized spacial score (nSPS) is 18.2. The number of carbonyl (C=O) groups excluding carboxylic acids is 15. The van der Waals surface area contributed by atoms with Crippen molar-refractivity contribution in [2.24, 2.45) is 0 Å². The fourth-order valence-electron chi connectivity index (χ4n) is 10.7. The van der Waals surface area contributed by atoms with E-state index in [1.807, 2.05) is 6.92 Å². The molecule has 1 aromatic heterocycles. The Morgan fingerprint density at radius 2 is 0.966 bits per heavy atom. The number of Topliss-reactive ketones (excluding diaryl/α,β-unsaturated/α-hetero) is 2. The van der Waals surface area contributed by atoms with E-state index in [-0.39, 0.29) is 106 Å². The highest BCUT2D eigenvalue weighted by Gasteiger charge is 2.43.